The summed E-state index contributed by atoms with van der Waals surface area (Å²) in [4.78, 5) is 37.7. The van der Waals surface area contributed by atoms with Gasteiger partial charge in [0, 0.05) is 18.5 Å². The molecule has 1 atom stereocenters. The van der Waals surface area contributed by atoms with Crippen molar-refractivity contribution in [2.45, 2.75) is 51.1 Å². The summed E-state index contributed by atoms with van der Waals surface area (Å²) in [5.41, 5.74) is 8.42. The van der Waals surface area contributed by atoms with Gasteiger partial charge in [-0.15, -0.1) is 24.8 Å². The summed E-state index contributed by atoms with van der Waals surface area (Å²) in [6.07, 6.45) is 4.72. The number of nitrogens with one attached hydrogen (secondary N) is 1. The van der Waals surface area contributed by atoms with E-state index in [1.807, 2.05) is 12.1 Å². The van der Waals surface area contributed by atoms with Gasteiger partial charge in [-0.1, -0.05) is 18.6 Å². The molecule has 144 valence electrons. The van der Waals surface area contributed by atoms with Gasteiger partial charge < -0.3 is 10.6 Å². The molecular formula is C18H25Cl2N3O3. The molecule has 3 N–H and O–H groups in total. The Balaban J connectivity index is 0.00000169. The molecule has 0 saturated carbocycles. The van der Waals surface area contributed by atoms with Crippen LogP contribution in [0.25, 0.3) is 0 Å². The lowest BCUT2D eigenvalue weighted by atomic mass is 9.98. The van der Waals surface area contributed by atoms with Crippen molar-refractivity contribution in [2.24, 2.45) is 5.73 Å². The molecule has 2 aliphatic rings. The Bertz CT molecular complexity index is 682. The first kappa shape index (κ1) is 22.4. The number of nitrogens with two attached hydrogens (primary N) is 1. The molecule has 1 fully saturated rings. The SMILES string of the molecule is Cl.Cl.NCCCCCc1cccc2c1CN(C1CCC(=O)NC1=O)C2=O. The van der Waals surface area contributed by atoms with Gasteiger partial charge in [0.15, 0.2) is 0 Å². The number of imide groups is 1. The van der Waals surface area contributed by atoms with Crippen LogP contribution in [-0.4, -0.2) is 35.2 Å². The second-order valence-corrected chi connectivity index (χ2v) is 6.44. The Hall–Kier alpha value is -1.63. The number of hydrogen-bond donors (Lipinski definition) is 2. The van der Waals surface area contributed by atoms with E-state index in [0.717, 1.165) is 31.2 Å². The van der Waals surface area contributed by atoms with Crippen molar-refractivity contribution < 1.29 is 14.4 Å². The minimum atomic E-state index is -0.548. The summed E-state index contributed by atoms with van der Waals surface area (Å²) in [5, 5.41) is 2.33. The molecule has 0 bridgehead atoms. The molecule has 6 nitrogen and oxygen atoms in total. The van der Waals surface area contributed by atoms with E-state index < -0.39 is 6.04 Å². The maximum absolute atomic E-state index is 12.7. The number of carbonyl (C=O) groups excluding carboxylic acids is 3. The lowest BCUT2D eigenvalue weighted by Crippen LogP contribution is -2.52. The van der Waals surface area contributed by atoms with Crippen molar-refractivity contribution in [3.63, 3.8) is 0 Å². The topological polar surface area (TPSA) is 92.5 Å². The van der Waals surface area contributed by atoms with E-state index in [9.17, 15) is 14.4 Å². The quantitative estimate of drug-likeness (QED) is 0.562. The molecule has 0 spiro atoms. The molecule has 2 aliphatic heterocycles. The van der Waals surface area contributed by atoms with E-state index in [1.54, 1.807) is 4.90 Å². The summed E-state index contributed by atoms with van der Waals surface area (Å²) >= 11 is 0. The minimum absolute atomic E-state index is 0. The van der Waals surface area contributed by atoms with Crippen LogP contribution in [0.5, 0.6) is 0 Å². The lowest BCUT2D eigenvalue weighted by molar-refractivity contribution is -0.136. The van der Waals surface area contributed by atoms with Crippen LogP contribution in [0.15, 0.2) is 18.2 Å². The summed E-state index contributed by atoms with van der Waals surface area (Å²) in [5.74, 6) is -0.735. The second-order valence-electron chi connectivity index (χ2n) is 6.44. The van der Waals surface area contributed by atoms with E-state index in [4.69, 9.17) is 5.73 Å². The number of fused-ring (bicyclic) bond motifs is 1. The summed E-state index contributed by atoms with van der Waals surface area (Å²) in [6.45, 7) is 1.15. The number of halogens is 2. The number of benzene rings is 1. The number of aryl methyl sites for hydroxylation is 1. The second kappa shape index (κ2) is 9.90. The molecule has 0 radical (unpaired) electrons. The number of rotatable bonds is 6. The maximum Gasteiger partial charge on any atom is 0.255 e. The zero-order valence-corrected chi connectivity index (χ0v) is 16.2. The van der Waals surface area contributed by atoms with Gasteiger partial charge in [-0.25, -0.2) is 0 Å². The zero-order chi connectivity index (χ0) is 17.1. The van der Waals surface area contributed by atoms with Crippen molar-refractivity contribution in [1.29, 1.82) is 0 Å². The van der Waals surface area contributed by atoms with Gasteiger partial charge >= 0.3 is 0 Å². The maximum atomic E-state index is 12.7. The molecule has 0 aliphatic carbocycles. The van der Waals surface area contributed by atoms with Crippen LogP contribution in [0.4, 0.5) is 0 Å². The number of nitrogens with zero attached hydrogens (tertiary/aromatic N) is 1. The largest absolute Gasteiger partial charge is 0.330 e. The Morgan fingerprint density at radius 2 is 1.88 bits per heavy atom. The molecule has 8 heteroatoms. The summed E-state index contributed by atoms with van der Waals surface area (Å²) in [7, 11) is 0. The van der Waals surface area contributed by atoms with Gasteiger partial charge in [-0.3, -0.25) is 19.7 Å². The van der Waals surface area contributed by atoms with Gasteiger partial charge in [0.1, 0.15) is 6.04 Å². The first-order valence-electron chi connectivity index (χ1n) is 8.57. The average molecular weight is 402 g/mol. The zero-order valence-electron chi connectivity index (χ0n) is 14.5. The van der Waals surface area contributed by atoms with Gasteiger partial charge in [-0.2, -0.15) is 0 Å². The predicted molar refractivity (Wildman–Crippen MR) is 104 cm³/mol. The third kappa shape index (κ3) is 4.55. The summed E-state index contributed by atoms with van der Waals surface area (Å²) < 4.78 is 0. The molecule has 3 amide bonds. The van der Waals surface area contributed by atoms with Crippen molar-refractivity contribution >= 4 is 42.5 Å². The molecule has 3 rings (SSSR count). The third-order valence-electron chi connectivity index (χ3n) is 4.83. The Kier molecular flexibility index (Phi) is 8.53. The molecule has 1 unspecified atom stereocenters. The van der Waals surface area contributed by atoms with Crippen LogP contribution in [-0.2, 0) is 22.6 Å². The minimum Gasteiger partial charge on any atom is -0.330 e. The van der Waals surface area contributed by atoms with Crippen LogP contribution in [0.2, 0.25) is 0 Å². The molecule has 1 aromatic rings. The standard InChI is InChI=1S/C18H23N3O3.2ClH/c19-10-3-1-2-5-12-6-4-7-13-14(12)11-21(18(13)24)15-8-9-16(22)20-17(15)23;;/h4,6-7,15H,1-3,5,8-11,19H2,(H,20,22,23);2*1H. The van der Waals surface area contributed by atoms with Crippen LogP contribution in [0, 0.1) is 0 Å². The van der Waals surface area contributed by atoms with E-state index >= 15 is 0 Å². The highest BCUT2D eigenvalue weighted by Crippen LogP contribution is 2.30. The average Bonchev–Trinajstić information content (AvgIpc) is 2.89. The predicted octanol–water partition coefficient (Wildman–Crippen LogP) is 1.96. The van der Waals surface area contributed by atoms with Gasteiger partial charge in [0.2, 0.25) is 11.8 Å². The summed E-state index contributed by atoms with van der Waals surface area (Å²) in [6, 6.07) is 5.24. The normalized spacial score (nSPS) is 18.7. The number of unbranched alkanes of at least 4 members (excludes halogenated alkanes) is 2. The number of carbonyl (C=O) groups is 3. The van der Waals surface area contributed by atoms with Gasteiger partial charge in [-0.05, 0) is 49.4 Å². The van der Waals surface area contributed by atoms with Crippen LogP contribution >= 0.6 is 24.8 Å². The van der Waals surface area contributed by atoms with Gasteiger partial charge in [0.05, 0.1) is 0 Å². The Labute approximate surface area is 165 Å². The fourth-order valence-corrected chi connectivity index (χ4v) is 3.52. The lowest BCUT2D eigenvalue weighted by Gasteiger charge is -2.29. The smallest absolute Gasteiger partial charge is 0.255 e. The highest BCUT2D eigenvalue weighted by molar-refractivity contribution is 6.05. The fourth-order valence-electron chi connectivity index (χ4n) is 3.52. The number of piperidine rings is 1. The van der Waals surface area contributed by atoms with Crippen LogP contribution < -0.4 is 11.1 Å². The fraction of sp³-hybridized carbons (Fsp3) is 0.500. The molecule has 1 aromatic carbocycles. The third-order valence-corrected chi connectivity index (χ3v) is 4.83. The molecule has 0 aromatic heterocycles. The first-order chi connectivity index (χ1) is 11.6. The molecule has 2 heterocycles. The number of amides is 3. The van der Waals surface area contributed by atoms with E-state index in [-0.39, 0.29) is 49.0 Å². The van der Waals surface area contributed by atoms with Crippen molar-refractivity contribution in [1.82, 2.24) is 10.2 Å². The molecular weight excluding hydrogens is 377 g/mol. The van der Waals surface area contributed by atoms with Crippen molar-refractivity contribution in [3.05, 3.63) is 34.9 Å². The monoisotopic (exact) mass is 401 g/mol. The van der Waals surface area contributed by atoms with E-state index in [0.29, 0.717) is 25.1 Å². The van der Waals surface area contributed by atoms with E-state index in [2.05, 4.69) is 11.4 Å². The van der Waals surface area contributed by atoms with Crippen LogP contribution in [0.1, 0.15) is 53.6 Å². The molecule has 26 heavy (non-hydrogen) atoms. The first-order valence-corrected chi connectivity index (χ1v) is 8.57. The van der Waals surface area contributed by atoms with Crippen molar-refractivity contribution in [2.75, 3.05) is 6.54 Å². The van der Waals surface area contributed by atoms with Crippen molar-refractivity contribution in [3.8, 4) is 0 Å². The Morgan fingerprint density at radius 3 is 2.58 bits per heavy atom. The Morgan fingerprint density at radius 1 is 1.12 bits per heavy atom. The highest BCUT2D eigenvalue weighted by Gasteiger charge is 2.39. The van der Waals surface area contributed by atoms with Gasteiger partial charge in [0.25, 0.3) is 5.91 Å². The van der Waals surface area contributed by atoms with Crippen LogP contribution in [0.3, 0.4) is 0 Å². The van der Waals surface area contributed by atoms with E-state index in [1.165, 1.54) is 5.56 Å². The number of hydrogen-bond acceptors (Lipinski definition) is 4. The molecule has 1 saturated heterocycles. The highest BCUT2D eigenvalue weighted by atomic mass is 35.5.